The Labute approximate surface area is 43.6 Å². The normalized spacial score (nSPS) is 6.57. The fraction of sp³-hybridized carbons (Fsp3) is 0.400. The minimum atomic E-state index is 1.50. The molecule has 2 heteroatoms. The molecule has 1 aromatic rings. The average molecular weight is 97.1 g/mol. The van der Waals surface area contributed by atoms with Crippen LogP contribution in [0.3, 0.4) is 0 Å². The zero-order chi connectivity index (χ0) is 5.54. The Morgan fingerprint density at radius 2 is 2.14 bits per heavy atom. The number of rotatable bonds is 0. The van der Waals surface area contributed by atoms with Gasteiger partial charge in [0, 0.05) is 0 Å². The molecular weight excluding hydrogens is 88.1 g/mol. The first-order valence-corrected chi connectivity index (χ1v) is 2.37. The van der Waals surface area contributed by atoms with Crippen LogP contribution in [0.5, 0.6) is 0 Å². The van der Waals surface area contributed by atoms with Gasteiger partial charge in [0.2, 0.25) is 0 Å². The molecule has 0 saturated carbocycles. The quantitative estimate of drug-likeness (QED) is 0.484. The Hall–Kier alpha value is -0.790. The van der Waals surface area contributed by atoms with Gasteiger partial charge in [-0.05, 0) is 0 Å². The second-order valence-corrected chi connectivity index (χ2v) is 0.712. The maximum atomic E-state index is 3.61. The smallest absolute Gasteiger partial charge is 0.0683 e. The van der Waals surface area contributed by atoms with Crippen LogP contribution in [-0.2, 0) is 0 Å². The highest BCUT2D eigenvalue weighted by atomic mass is 14.8. The summed E-state index contributed by atoms with van der Waals surface area (Å²) in [6, 6.07) is 0. The van der Waals surface area contributed by atoms with Crippen LogP contribution in [-0.4, -0.2) is 4.98 Å². The van der Waals surface area contributed by atoms with E-state index in [0.29, 0.717) is 0 Å². The summed E-state index contributed by atoms with van der Waals surface area (Å²) in [5.74, 6) is 0. The van der Waals surface area contributed by atoms with E-state index in [1.807, 2.05) is 13.8 Å². The average Bonchev–Trinajstić information content (AvgIpc) is 2.23. The molecule has 0 radical (unpaired) electrons. The SMILES string of the molecule is CC.c1c[n-]cn1. The van der Waals surface area contributed by atoms with Crippen LogP contribution in [0.25, 0.3) is 0 Å². The third kappa shape index (κ3) is 3.03. The van der Waals surface area contributed by atoms with E-state index < -0.39 is 0 Å². The third-order valence-corrected chi connectivity index (χ3v) is 0.372. The van der Waals surface area contributed by atoms with Gasteiger partial charge < -0.3 is 9.97 Å². The van der Waals surface area contributed by atoms with Crippen LogP contribution in [0.2, 0.25) is 0 Å². The van der Waals surface area contributed by atoms with Crippen molar-refractivity contribution in [3.8, 4) is 0 Å². The first kappa shape index (κ1) is 6.21. The molecule has 0 spiro atoms. The van der Waals surface area contributed by atoms with Gasteiger partial charge >= 0.3 is 0 Å². The van der Waals surface area contributed by atoms with Crippen molar-refractivity contribution in [2.24, 2.45) is 0 Å². The van der Waals surface area contributed by atoms with Crippen LogP contribution in [0.4, 0.5) is 0 Å². The van der Waals surface area contributed by atoms with Crippen molar-refractivity contribution >= 4 is 0 Å². The number of nitrogens with zero attached hydrogens (tertiary/aromatic N) is 2. The van der Waals surface area contributed by atoms with Crippen LogP contribution < -0.4 is 4.98 Å². The van der Waals surface area contributed by atoms with Crippen molar-refractivity contribution in [1.82, 2.24) is 9.97 Å². The number of hydrogen-bond acceptors (Lipinski definition) is 1. The number of hydrogen-bond donors (Lipinski definition) is 0. The van der Waals surface area contributed by atoms with Gasteiger partial charge in [-0.3, -0.25) is 0 Å². The first-order valence-electron chi connectivity index (χ1n) is 2.37. The second kappa shape index (κ2) is 5.21. The number of imidazole rings is 1. The Balaban J connectivity index is 0.000000162. The Bertz CT molecular complexity index is 62.6. The minimum absolute atomic E-state index is 1.50. The van der Waals surface area contributed by atoms with Crippen molar-refractivity contribution in [1.29, 1.82) is 0 Å². The van der Waals surface area contributed by atoms with Crippen molar-refractivity contribution in [2.45, 2.75) is 13.8 Å². The van der Waals surface area contributed by atoms with E-state index in [2.05, 4.69) is 9.97 Å². The van der Waals surface area contributed by atoms with Crippen LogP contribution in [0.15, 0.2) is 18.7 Å². The molecule has 0 aliphatic carbocycles. The van der Waals surface area contributed by atoms with E-state index in [0.717, 1.165) is 0 Å². The van der Waals surface area contributed by atoms with Gasteiger partial charge in [-0.15, -0.1) is 0 Å². The topological polar surface area (TPSA) is 27.0 Å². The minimum Gasteiger partial charge on any atom is -0.450 e. The molecule has 2 nitrogen and oxygen atoms in total. The summed E-state index contributed by atoms with van der Waals surface area (Å²) < 4.78 is 0. The summed E-state index contributed by atoms with van der Waals surface area (Å²) in [7, 11) is 0. The van der Waals surface area contributed by atoms with E-state index in [9.17, 15) is 0 Å². The van der Waals surface area contributed by atoms with Crippen molar-refractivity contribution in [2.75, 3.05) is 0 Å². The van der Waals surface area contributed by atoms with E-state index in [1.54, 1.807) is 12.4 Å². The molecule has 0 saturated heterocycles. The van der Waals surface area contributed by atoms with Crippen LogP contribution in [0, 0.1) is 0 Å². The van der Waals surface area contributed by atoms with Gasteiger partial charge in [-0.2, -0.15) is 0 Å². The lowest BCUT2D eigenvalue weighted by Crippen LogP contribution is -1.50. The molecule has 1 rings (SSSR count). The molecule has 0 N–H and O–H groups in total. The molecule has 0 unspecified atom stereocenters. The highest BCUT2D eigenvalue weighted by Gasteiger charge is 1.41. The maximum Gasteiger partial charge on any atom is -0.0683 e. The summed E-state index contributed by atoms with van der Waals surface area (Å²) in [5, 5.41) is 0. The summed E-state index contributed by atoms with van der Waals surface area (Å²) in [6.07, 6.45) is 4.78. The Morgan fingerprint density at radius 3 is 2.29 bits per heavy atom. The lowest BCUT2D eigenvalue weighted by Gasteiger charge is -1.61. The van der Waals surface area contributed by atoms with Gasteiger partial charge in [0.15, 0.2) is 0 Å². The van der Waals surface area contributed by atoms with E-state index in [-0.39, 0.29) is 0 Å². The van der Waals surface area contributed by atoms with Gasteiger partial charge in [-0.1, -0.05) is 32.6 Å². The second-order valence-electron chi connectivity index (χ2n) is 0.712. The molecule has 0 atom stereocenters. The molecule has 7 heavy (non-hydrogen) atoms. The maximum absolute atomic E-state index is 3.61. The standard InChI is InChI=1S/C3H3N2.C2H6/c1-2-5-3-4-1;1-2/h1-3H;1-2H3/q-1;. The largest absolute Gasteiger partial charge is 0.450 e. The molecule has 1 aromatic heterocycles. The lowest BCUT2D eigenvalue weighted by molar-refractivity contribution is 1.29. The molecular formula is C5H9N2-. The molecule has 0 fully saturated rings. The fourth-order valence-electron chi connectivity index (χ4n) is 0.192. The molecule has 40 valence electrons. The number of aromatic nitrogens is 2. The van der Waals surface area contributed by atoms with Gasteiger partial charge in [0.05, 0.1) is 0 Å². The van der Waals surface area contributed by atoms with Gasteiger partial charge in [-0.25, -0.2) is 0 Å². The van der Waals surface area contributed by atoms with Crippen molar-refractivity contribution in [3.63, 3.8) is 0 Å². The van der Waals surface area contributed by atoms with Crippen molar-refractivity contribution < 1.29 is 0 Å². The molecule has 0 amide bonds. The highest BCUT2D eigenvalue weighted by Crippen LogP contribution is 1.60. The zero-order valence-corrected chi connectivity index (χ0v) is 4.63. The summed E-state index contributed by atoms with van der Waals surface area (Å²) in [5.41, 5.74) is 0. The van der Waals surface area contributed by atoms with Crippen LogP contribution >= 0.6 is 0 Å². The predicted molar refractivity (Wildman–Crippen MR) is 28.9 cm³/mol. The van der Waals surface area contributed by atoms with E-state index in [1.165, 1.54) is 6.33 Å². The fourth-order valence-corrected chi connectivity index (χ4v) is 0.192. The molecule has 1 heterocycles. The highest BCUT2D eigenvalue weighted by molar-refractivity contribution is 4.64. The lowest BCUT2D eigenvalue weighted by atomic mass is 11.0. The van der Waals surface area contributed by atoms with Crippen molar-refractivity contribution in [3.05, 3.63) is 18.7 Å². The first-order chi connectivity index (χ1) is 3.50. The summed E-state index contributed by atoms with van der Waals surface area (Å²) >= 11 is 0. The Morgan fingerprint density at radius 1 is 1.43 bits per heavy atom. The summed E-state index contributed by atoms with van der Waals surface area (Å²) in [4.78, 5) is 7.22. The van der Waals surface area contributed by atoms with Crippen LogP contribution in [0.1, 0.15) is 13.8 Å². The molecule has 0 aliphatic rings. The molecule has 0 bridgehead atoms. The predicted octanol–water partition coefficient (Wildman–Crippen LogP) is 1.06. The Kier molecular flexibility index (Phi) is 4.62. The van der Waals surface area contributed by atoms with Gasteiger partial charge in [0.25, 0.3) is 0 Å². The summed E-state index contributed by atoms with van der Waals surface area (Å²) in [6.45, 7) is 4.00. The molecule has 0 aromatic carbocycles. The van der Waals surface area contributed by atoms with E-state index in [4.69, 9.17) is 0 Å². The monoisotopic (exact) mass is 97.1 g/mol. The van der Waals surface area contributed by atoms with Gasteiger partial charge in [0.1, 0.15) is 0 Å². The molecule has 0 aliphatic heterocycles. The van der Waals surface area contributed by atoms with E-state index >= 15 is 0 Å². The third-order valence-electron chi connectivity index (χ3n) is 0.372. The zero-order valence-electron chi connectivity index (χ0n) is 4.63.